The third-order valence-electron chi connectivity index (χ3n) is 4.51. The van der Waals surface area contributed by atoms with E-state index in [9.17, 15) is 18.8 Å². The van der Waals surface area contributed by atoms with Crippen LogP contribution in [0.3, 0.4) is 0 Å². The maximum absolute atomic E-state index is 13.9. The largest absolute Gasteiger partial charge is 0.497 e. The Kier molecular flexibility index (Phi) is 7.21. The van der Waals surface area contributed by atoms with Crippen molar-refractivity contribution >= 4 is 39.8 Å². The van der Waals surface area contributed by atoms with Crippen molar-refractivity contribution in [2.24, 2.45) is 0 Å². The molecule has 0 radical (unpaired) electrons. The number of hydrogen-bond donors (Lipinski definition) is 2. The van der Waals surface area contributed by atoms with Crippen LogP contribution in [0.15, 0.2) is 48.5 Å². The number of nitrogens with one attached hydrogen (secondary N) is 2. The Morgan fingerprint density at radius 3 is 2.47 bits per heavy atom. The van der Waals surface area contributed by atoms with E-state index in [0.29, 0.717) is 16.9 Å². The van der Waals surface area contributed by atoms with E-state index >= 15 is 0 Å². The highest BCUT2D eigenvalue weighted by atomic mass is 32.1. The number of methoxy groups -OCH3 is 1. The molecule has 9 heteroatoms. The highest BCUT2D eigenvalue weighted by molar-refractivity contribution is 7.19. The monoisotopic (exact) mass is 456 g/mol. The van der Waals surface area contributed by atoms with Crippen molar-refractivity contribution in [3.05, 3.63) is 75.9 Å². The van der Waals surface area contributed by atoms with E-state index in [-0.39, 0.29) is 27.7 Å². The van der Waals surface area contributed by atoms with Crippen LogP contribution in [0.4, 0.5) is 15.1 Å². The number of hydrogen-bond acceptors (Lipinski definition) is 6. The van der Waals surface area contributed by atoms with Gasteiger partial charge in [-0.05, 0) is 49.7 Å². The lowest BCUT2D eigenvalue weighted by Gasteiger charge is -2.08. The molecule has 2 aromatic carbocycles. The number of rotatable bonds is 7. The van der Waals surface area contributed by atoms with Gasteiger partial charge in [-0.25, -0.2) is 9.18 Å². The highest BCUT2D eigenvalue weighted by Crippen LogP contribution is 2.35. The number of para-hydroxylation sites is 1. The lowest BCUT2D eigenvalue weighted by Crippen LogP contribution is -2.15. The maximum atomic E-state index is 13.9. The van der Waals surface area contributed by atoms with Gasteiger partial charge in [0, 0.05) is 5.56 Å². The average molecular weight is 456 g/mol. The minimum absolute atomic E-state index is 0.00458. The third kappa shape index (κ3) is 4.94. The first-order valence-electron chi connectivity index (χ1n) is 9.67. The van der Waals surface area contributed by atoms with Crippen molar-refractivity contribution in [2.75, 3.05) is 24.4 Å². The van der Waals surface area contributed by atoms with Crippen LogP contribution in [0, 0.1) is 12.7 Å². The smallest absolute Gasteiger partial charge is 0.341 e. The Labute approximate surface area is 188 Å². The molecule has 7 nitrogen and oxygen atoms in total. The van der Waals surface area contributed by atoms with Gasteiger partial charge in [0.15, 0.2) is 0 Å². The number of carbonyl (C=O) groups excluding carboxylic acids is 3. The minimum atomic E-state index is -0.674. The molecule has 2 N–H and O–H groups in total. The van der Waals surface area contributed by atoms with E-state index in [0.717, 1.165) is 11.3 Å². The van der Waals surface area contributed by atoms with Crippen LogP contribution >= 0.6 is 11.3 Å². The molecule has 0 aliphatic carbocycles. The molecule has 0 aliphatic rings. The van der Waals surface area contributed by atoms with Gasteiger partial charge < -0.3 is 20.1 Å². The molecule has 3 aromatic rings. The molecule has 0 saturated carbocycles. The molecule has 32 heavy (non-hydrogen) atoms. The summed E-state index contributed by atoms with van der Waals surface area (Å²) in [7, 11) is 1.49. The molecule has 0 atom stereocenters. The van der Waals surface area contributed by atoms with Crippen LogP contribution < -0.4 is 15.4 Å². The second-order valence-electron chi connectivity index (χ2n) is 6.60. The molecule has 1 aromatic heterocycles. The van der Waals surface area contributed by atoms with E-state index in [1.165, 1.54) is 25.3 Å². The standard InChI is InChI=1S/C23H21FN2O5S/c1-4-31-23(29)18-13(2)19(21(28)25-17-11-6-5-10-16(17)24)32-22(18)26-20(27)14-8-7-9-15(12-14)30-3/h5-12H,4H2,1-3H3,(H,25,28)(H,26,27). The molecule has 2 amide bonds. The van der Waals surface area contributed by atoms with Crippen molar-refractivity contribution < 1.29 is 28.2 Å². The molecule has 0 fully saturated rings. The van der Waals surface area contributed by atoms with Crippen molar-refractivity contribution in [3.63, 3.8) is 0 Å². The number of anilines is 2. The zero-order valence-electron chi connectivity index (χ0n) is 17.7. The molecule has 0 aliphatic heterocycles. The average Bonchev–Trinajstić information content (AvgIpc) is 3.11. The summed E-state index contributed by atoms with van der Waals surface area (Å²) in [5.74, 6) is -1.86. The fourth-order valence-corrected chi connectivity index (χ4v) is 4.03. The molecular formula is C23H21FN2O5S. The van der Waals surface area contributed by atoms with Crippen LogP contribution in [0.25, 0.3) is 0 Å². The van der Waals surface area contributed by atoms with Gasteiger partial charge in [0.2, 0.25) is 0 Å². The summed E-state index contributed by atoms with van der Waals surface area (Å²) in [5.41, 5.74) is 0.711. The van der Waals surface area contributed by atoms with Gasteiger partial charge in [0.25, 0.3) is 11.8 Å². The maximum Gasteiger partial charge on any atom is 0.341 e. The predicted molar refractivity (Wildman–Crippen MR) is 120 cm³/mol. The number of esters is 1. The van der Waals surface area contributed by atoms with E-state index < -0.39 is 23.6 Å². The second-order valence-corrected chi connectivity index (χ2v) is 7.62. The molecule has 1 heterocycles. The predicted octanol–water partition coefficient (Wildman–Crippen LogP) is 4.89. The summed E-state index contributed by atoms with van der Waals surface area (Å²) >= 11 is 0.908. The first-order valence-corrected chi connectivity index (χ1v) is 10.5. The number of carbonyl (C=O) groups is 3. The van der Waals surface area contributed by atoms with Crippen molar-refractivity contribution in [3.8, 4) is 5.75 Å². The number of ether oxygens (including phenoxy) is 2. The van der Waals surface area contributed by atoms with Gasteiger partial charge in [-0.1, -0.05) is 18.2 Å². The van der Waals surface area contributed by atoms with Gasteiger partial charge in [-0.3, -0.25) is 9.59 Å². The lowest BCUT2D eigenvalue weighted by molar-refractivity contribution is 0.0527. The number of benzene rings is 2. The molecule has 0 unspecified atom stereocenters. The number of amides is 2. The molecule has 0 spiro atoms. The Bertz CT molecular complexity index is 1170. The summed E-state index contributed by atoms with van der Waals surface area (Å²) in [5, 5.41) is 5.33. The van der Waals surface area contributed by atoms with Crippen molar-refractivity contribution in [1.82, 2.24) is 0 Å². The molecule has 3 rings (SSSR count). The molecular weight excluding hydrogens is 435 g/mol. The normalized spacial score (nSPS) is 10.4. The Hall–Kier alpha value is -3.72. The summed E-state index contributed by atoms with van der Waals surface area (Å²) in [6, 6.07) is 12.2. The highest BCUT2D eigenvalue weighted by Gasteiger charge is 2.27. The van der Waals surface area contributed by atoms with Crippen LogP contribution in [0.2, 0.25) is 0 Å². The van der Waals surface area contributed by atoms with E-state index in [4.69, 9.17) is 9.47 Å². The first-order chi connectivity index (χ1) is 15.3. The van der Waals surface area contributed by atoms with Crippen LogP contribution in [0.1, 0.15) is 42.9 Å². The Morgan fingerprint density at radius 1 is 1.03 bits per heavy atom. The van der Waals surface area contributed by atoms with E-state index in [2.05, 4.69) is 10.6 Å². The zero-order chi connectivity index (χ0) is 23.3. The van der Waals surface area contributed by atoms with Gasteiger partial charge in [0.05, 0.1) is 29.8 Å². The third-order valence-corrected chi connectivity index (χ3v) is 5.72. The molecule has 0 saturated heterocycles. The summed E-state index contributed by atoms with van der Waals surface area (Å²) in [4.78, 5) is 38.3. The fourth-order valence-electron chi connectivity index (χ4n) is 2.95. The van der Waals surface area contributed by atoms with Crippen molar-refractivity contribution in [2.45, 2.75) is 13.8 Å². The summed E-state index contributed by atoms with van der Waals surface area (Å²) < 4.78 is 24.2. The van der Waals surface area contributed by atoms with Gasteiger partial charge in [0.1, 0.15) is 16.6 Å². The quantitative estimate of drug-likeness (QED) is 0.494. The number of thiophene rings is 1. The molecule has 0 bridgehead atoms. The fraction of sp³-hybridized carbons (Fsp3) is 0.174. The van der Waals surface area contributed by atoms with Gasteiger partial charge >= 0.3 is 5.97 Å². The summed E-state index contributed by atoms with van der Waals surface area (Å²) in [6.07, 6.45) is 0. The Morgan fingerprint density at radius 2 is 1.78 bits per heavy atom. The lowest BCUT2D eigenvalue weighted by atomic mass is 10.1. The topological polar surface area (TPSA) is 93.7 Å². The van der Waals surface area contributed by atoms with Crippen molar-refractivity contribution in [1.29, 1.82) is 0 Å². The van der Waals surface area contributed by atoms with Gasteiger partial charge in [-0.2, -0.15) is 0 Å². The van der Waals surface area contributed by atoms with Crippen LogP contribution in [0.5, 0.6) is 5.75 Å². The molecule has 166 valence electrons. The minimum Gasteiger partial charge on any atom is -0.497 e. The number of halogens is 1. The van der Waals surface area contributed by atoms with Gasteiger partial charge in [-0.15, -0.1) is 11.3 Å². The Balaban J connectivity index is 1.95. The van der Waals surface area contributed by atoms with E-state index in [1.54, 1.807) is 44.2 Å². The summed E-state index contributed by atoms with van der Waals surface area (Å²) in [6.45, 7) is 3.34. The van der Waals surface area contributed by atoms with E-state index in [1.807, 2.05) is 0 Å². The SMILES string of the molecule is CCOC(=O)c1c(NC(=O)c2cccc(OC)c2)sc(C(=O)Nc2ccccc2F)c1C. The van der Waals surface area contributed by atoms with Crippen LogP contribution in [-0.4, -0.2) is 31.5 Å². The zero-order valence-corrected chi connectivity index (χ0v) is 18.5. The first kappa shape index (κ1) is 23.0. The second kappa shape index (κ2) is 10.1. The van der Waals surface area contributed by atoms with Crippen LogP contribution in [-0.2, 0) is 4.74 Å².